The molecular weight excluding hydrogens is 334 g/mol. The van der Waals surface area contributed by atoms with E-state index in [9.17, 15) is 0 Å². The van der Waals surface area contributed by atoms with Gasteiger partial charge in [0.15, 0.2) is 0 Å². The van der Waals surface area contributed by atoms with Gasteiger partial charge in [0.2, 0.25) is 0 Å². The lowest BCUT2D eigenvalue weighted by Gasteiger charge is -2.41. The molecule has 0 unspecified atom stereocenters. The zero-order valence-corrected chi connectivity index (χ0v) is 17.4. The number of nitrogens with zero attached hydrogens (tertiary/aromatic N) is 1. The van der Waals surface area contributed by atoms with Gasteiger partial charge in [0, 0.05) is 23.0 Å². The molecule has 0 amide bonds. The van der Waals surface area contributed by atoms with Crippen molar-refractivity contribution in [3.05, 3.63) is 60.2 Å². The van der Waals surface area contributed by atoms with Crippen LogP contribution in [0.15, 0.2) is 54.6 Å². The van der Waals surface area contributed by atoms with E-state index in [4.69, 9.17) is 10.6 Å². The highest BCUT2D eigenvalue weighted by atomic mass is 16.7. The average Bonchev–Trinajstić information content (AvgIpc) is 2.60. The highest BCUT2D eigenvalue weighted by Gasteiger charge is 2.31. The number of benzene rings is 2. The van der Waals surface area contributed by atoms with Gasteiger partial charge in [-0.25, -0.2) is 5.06 Å². The lowest BCUT2D eigenvalue weighted by atomic mass is 9.91. The molecular formula is C23H33N3O. The van der Waals surface area contributed by atoms with Gasteiger partial charge in [-0.05, 0) is 77.4 Å². The number of nitrogens with two attached hydrogens (primary N) is 1. The number of allylic oxidation sites excluding steroid dienone is 1. The fourth-order valence-corrected chi connectivity index (χ4v) is 3.24. The third-order valence-electron chi connectivity index (χ3n) is 4.27. The number of anilines is 3. The topological polar surface area (TPSA) is 50.5 Å². The van der Waals surface area contributed by atoms with Crippen LogP contribution in [0.4, 0.5) is 17.1 Å². The summed E-state index contributed by atoms with van der Waals surface area (Å²) >= 11 is 0. The Kier molecular flexibility index (Phi) is 6.92. The molecule has 0 radical (unpaired) electrons. The number of hydrogen-bond donors (Lipinski definition) is 2. The number of nitrogen functional groups attached to an aromatic ring is 1. The zero-order chi connectivity index (χ0) is 20.0. The smallest absolute Gasteiger partial charge is 0.0803 e. The second-order valence-corrected chi connectivity index (χ2v) is 7.63. The van der Waals surface area contributed by atoms with Gasteiger partial charge in [-0.3, -0.25) is 4.84 Å². The van der Waals surface area contributed by atoms with Crippen molar-refractivity contribution in [1.29, 1.82) is 0 Å². The quantitative estimate of drug-likeness (QED) is 0.678. The molecule has 2 aromatic rings. The van der Waals surface area contributed by atoms with E-state index in [1.165, 1.54) is 11.1 Å². The molecule has 2 aromatic carbocycles. The van der Waals surface area contributed by atoms with Crippen LogP contribution in [-0.2, 0) is 4.84 Å². The lowest BCUT2D eigenvalue weighted by Crippen LogP contribution is -2.45. The minimum absolute atomic E-state index is 0.0888. The van der Waals surface area contributed by atoms with Gasteiger partial charge in [-0.2, -0.15) is 0 Å². The number of fused-ring (bicyclic) bond motifs is 1. The molecule has 4 heteroatoms. The van der Waals surface area contributed by atoms with Gasteiger partial charge in [-0.15, -0.1) is 0 Å². The maximum atomic E-state index is 5.76. The minimum Gasteiger partial charge on any atom is -0.399 e. The maximum absolute atomic E-state index is 5.76. The first-order chi connectivity index (χ1) is 12.7. The van der Waals surface area contributed by atoms with E-state index in [-0.39, 0.29) is 5.54 Å². The van der Waals surface area contributed by atoms with Crippen LogP contribution < -0.4 is 16.1 Å². The van der Waals surface area contributed by atoms with Crippen molar-refractivity contribution in [3.8, 4) is 0 Å². The molecule has 1 aliphatic rings. The molecule has 146 valence electrons. The second-order valence-electron chi connectivity index (χ2n) is 7.63. The van der Waals surface area contributed by atoms with Gasteiger partial charge >= 0.3 is 0 Å². The summed E-state index contributed by atoms with van der Waals surface area (Å²) in [6.45, 7) is 13.4. The van der Waals surface area contributed by atoms with E-state index in [2.05, 4.69) is 70.3 Å². The summed E-state index contributed by atoms with van der Waals surface area (Å²) in [7, 11) is 0. The molecule has 0 aromatic heterocycles. The Hall–Kier alpha value is -2.46. The molecule has 3 rings (SSSR count). The van der Waals surface area contributed by atoms with E-state index < -0.39 is 0 Å². The van der Waals surface area contributed by atoms with E-state index in [0.29, 0.717) is 12.6 Å². The van der Waals surface area contributed by atoms with E-state index in [0.717, 1.165) is 17.1 Å². The van der Waals surface area contributed by atoms with Gasteiger partial charge < -0.3 is 11.1 Å². The molecule has 0 saturated carbocycles. The molecule has 1 aliphatic heterocycles. The molecule has 1 heterocycles. The predicted molar refractivity (Wildman–Crippen MR) is 118 cm³/mol. The summed E-state index contributed by atoms with van der Waals surface area (Å²) in [6.07, 6.45) is 2.25. The van der Waals surface area contributed by atoms with E-state index in [1.807, 2.05) is 36.3 Å². The summed E-state index contributed by atoms with van der Waals surface area (Å²) in [5, 5.41) is 5.29. The van der Waals surface area contributed by atoms with Crippen LogP contribution in [0.25, 0.3) is 5.57 Å². The Bertz CT molecular complexity index is 763. The number of hydroxylamine groups is 1. The number of para-hydroxylation sites is 1. The summed E-state index contributed by atoms with van der Waals surface area (Å²) in [5.41, 5.74) is 11.1. The molecule has 0 spiro atoms. The summed E-state index contributed by atoms with van der Waals surface area (Å²) in [5.74, 6) is 0. The summed E-state index contributed by atoms with van der Waals surface area (Å²) in [4.78, 5) is 5.76. The van der Waals surface area contributed by atoms with Crippen molar-refractivity contribution >= 4 is 22.6 Å². The molecule has 0 aliphatic carbocycles. The monoisotopic (exact) mass is 367 g/mol. The van der Waals surface area contributed by atoms with Crippen LogP contribution in [0, 0.1) is 0 Å². The van der Waals surface area contributed by atoms with Crippen molar-refractivity contribution in [1.82, 2.24) is 0 Å². The third-order valence-corrected chi connectivity index (χ3v) is 4.27. The molecule has 4 nitrogen and oxygen atoms in total. The molecule has 0 atom stereocenters. The Morgan fingerprint density at radius 3 is 2.30 bits per heavy atom. The zero-order valence-electron chi connectivity index (χ0n) is 17.4. The van der Waals surface area contributed by atoms with Crippen molar-refractivity contribution < 1.29 is 4.84 Å². The first-order valence-corrected chi connectivity index (χ1v) is 9.58. The van der Waals surface area contributed by atoms with Crippen molar-refractivity contribution in [2.75, 3.05) is 22.7 Å². The fourth-order valence-electron chi connectivity index (χ4n) is 3.24. The van der Waals surface area contributed by atoms with Crippen molar-refractivity contribution in [3.63, 3.8) is 0 Å². The van der Waals surface area contributed by atoms with Gasteiger partial charge in [0.05, 0.1) is 17.8 Å². The van der Waals surface area contributed by atoms with E-state index in [1.54, 1.807) is 0 Å². The van der Waals surface area contributed by atoms with Crippen LogP contribution in [0.5, 0.6) is 0 Å². The van der Waals surface area contributed by atoms with Crippen LogP contribution in [0.1, 0.15) is 47.1 Å². The van der Waals surface area contributed by atoms with Crippen LogP contribution in [-0.4, -0.2) is 18.2 Å². The summed E-state index contributed by atoms with van der Waals surface area (Å²) < 4.78 is 0. The SMILES string of the molecule is CC(C)Nc1ccc(N)cc1.CCON1c2ccccc2C(C)=CC1(C)C. The van der Waals surface area contributed by atoms with Crippen LogP contribution in [0.2, 0.25) is 0 Å². The van der Waals surface area contributed by atoms with E-state index >= 15 is 0 Å². The van der Waals surface area contributed by atoms with Crippen molar-refractivity contribution in [2.45, 2.75) is 53.1 Å². The van der Waals surface area contributed by atoms with Gasteiger partial charge in [0.25, 0.3) is 0 Å². The molecule has 0 saturated heterocycles. The maximum Gasteiger partial charge on any atom is 0.0803 e. The first-order valence-electron chi connectivity index (χ1n) is 9.58. The molecule has 0 bridgehead atoms. The van der Waals surface area contributed by atoms with Crippen LogP contribution in [0.3, 0.4) is 0 Å². The Labute approximate surface area is 164 Å². The van der Waals surface area contributed by atoms with Crippen molar-refractivity contribution in [2.24, 2.45) is 0 Å². The summed E-state index contributed by atoms with van der Waals surface area (Å²) in [6, 6.07) is 16.6. The minimum atomic E-state index is -0.0888. The predicted octanol–water partition coefficient (Wildman–Crippen LogP) is 5.73. The first kappa shape index (κ1) is 20.8. The van der Waals surface area contributed by atoms with Crippen LogP contribution >= 0.6 is 0 Å². The van der Waals surface area contributed by atoms with Gasteiger partial charge in [0.1, 0.15) is 0 Å². The normalized spacial score (nSPS) is 14.8. The number of nitrogens with one attached hydrogen (secondary N) is 1. The molecule has 27 heavy (non-hydrogen) atoms. The third kappa shape index (κ3) is 5.51. The van der Waals surface area contributed by atoms with Gasteiger partial charge in [-0.1, -0.05) is 24.3 Å². The fraction of sp³-hybridized carbons (Fsp3) is 0.391. The Morgan fingerprint density at radius 2 is 1.70 bits per heavy atom. The average molecular weight is 368 g/mol. The largest absolute Gasteiger partial charge is 0.399 e. The second kappa shape index (κ2) is 8.96. The lowest BCUT2D eigenvalue weighted by molar-refractivity contribution is 0.0836. The number of hydrogen-bond acceptors (Lipinski definition) is 4. The highest BCUT2D eigenvalue weighted by molar-refractivity contribution is 5.80. The number of rotatable bonds is 4. The molecule has 3 N–H and O–H groups in total. The Morgan fingerprint density at radius 1 is 1.07 bits per heavy atom. The standard InChI is InChI=1S/C14H19NO.C9H14N2/c1-5-16-15-13-9-7-6-8-12(13)11(2)10-14(15,3)4;1-7(2)11-9-5-3-8(10)4-6-9/h6-10H,5H2,1-4H3;3-7,11H,10H2,1-2H3. The highest BCUT2D eigenvalue weighted by Crippen LogP contribution is 2.38. The molecule has 0 fully saturated rings. The Balaban J connectivity index is 0.000000208.